The highest BCUT2D eigenvalue weighted by molar-refractivity contribution is 7.85. The molecule has 6 nitrogen and oxygen atoms in total. The summed E-state index contributed by atoms with van der Waals surface area (Å²) in [4.78, 5) is 11.3. The Morgan fingerprint density at radius 2 is 2.26 bits per heavy atom. The van der Waals surface area contributed by atoms with E-state index in [1.165, 1.54) is 10.9 Å². The predicted octanol–water partition coefficient (Wildman–Crippen LogP) is 1.44. The minimum atomic E-state index is -1.22. The summed E-state index contributed by atoms with van der Waals surface area (Å²) < 4.78 is 13.3. The Hall–Kier alpha value is -1.73. The summed E-state index contributed by atoms with van der Waals surface area (Å²) in [6, 6.07) is 6.81. The number of aryl methyl sites for hydroxylation is 1. The van der Waals surface area contributed by atoms with Gasteiger partial charge in [-0.1, -0.05) is 22.9 Å². The van der Waals surface area contributed by atoms with Gasteiger partial charge in [-0.15, -0.1) is 5.10 Å². The molecule has 0 aliphatic heterocycles. The molecule has 100 valence electrons. The van der Waals surface area contributed by atoms with Crippen LogP contribution in [0.15, 0.2) is 35.4 Å². The van der Waals surface area contributed by atoms with E-state index in [1.54, 1.807) is 24.3 Å². The molecule has 1 aromatic heterocycles. The maximum atomic E-state index is 12.0. The third-order valence-corrected chi connectivity index (χ3v) is 3.89. The first-order chi connectivity index (χ1) is 9.06. The molecule has 2 rings (SSSR count). The lowest BCUT2D eigenvalue weighted by atomic mass is 10.4. The number of hydrogen-bond donors (Lipinski definition) is 1. The maximum absolute atomic E-state index is 12.0. The fourth-order valence-electron chi connectivity index (χ4n) is 1.41. The van der Waals surface area contributed by atoms with E-state index in [0.717, 1.165) is 0 Å². The number of benzene rings is 1. The molecule has 1 aromatic carbocycles. The number of aromatic nitrogens is 3. The Morgan fingerprint density at radius 1 is 1.47 bits per heavy atom. The van der Waals surface area contributed by atoms with E-state index in [-0.39, 0.29) is 5.69 Å². The van der Waals surface area contributed by atoms with Gasteiger partial charge in [0.25, 0.3) is 0 Å². The van der Waals surface area contributed by atoms with E-state index >= 15 is 0 Å². The molecule has 0 aliphatic rings. The first-order valence-corrected chi connectivity index (χ1v) is 7.03. The van der Waals surface area contributed by atoms with Crippen LogP contribution in [0.3, 0.4) is 0 Å². The van der Waals surface area contributed by atoms with Gasteiger partial charge in [0.2, 0.25) is 0 Å². The molecule has 0 spiro atoms. The second kappa shape index (κ2) is 5.94. The molecule has 8 heteroatoms. The lowest BCUT2D eigenvalue weighted by Gasteiger charge is -2.02. The Labute approximate surface area is 116 Å². The van der Waals surface area contributed by atoms with E-state index in [1.807, 2.05) is 0 Å². The van der Waals surface area contributed by atoms with Crippen LogP contribution in [0.1, 0.15) is 10.5 Å². The van der Waals surface area contributed by atoms with Crippen LogP contribution in [0.4, 0.5) is 0 Å². The zero-order valence-corrected chi connectivity index (χ0v) is 11.3. The van der Waals surface area contributed by atoms with Crippen LogP contribution in [0.5, 0.6) is 0 Å². The number of nitrogens with zero attached hydrogens (tertiary/aromatic N) is 3. The molecular formula is C11H10ClN3O3S. The van der Waals surface area contributed by atoms with Crippen LogP contribution >= 0.6 is 11.6 Å². The quantitative estimate of drug-likeness (QED) is 0.903. The van der Waals surface area contributed by atoms with Crippen molar-refractivity contribution >= 4 is 28.4 Å². The Morgan fingerprint density at radius 3 is 2.89 bits per heavy atom. The summed E-state index contributed by atoms with van der Waals surface area (Å²) in [5, 5.41) is 16.3. The van der Waals surface area contributed by atoms with E-state index in [0.29, 0.717) is 22.2 Å². The largest absolute Gasteiger partial charge is 0.476 e. The monoisotopic (exact) mass is 299 g/mol. The van der Waals surface area contributed by atoms with E-state index in [2.05, 4.69) is 10.3 Å². The molecule has 0 saturated heterocycles. The lowest BCUT2D eigenvalue weighted by Crippen LogP contribution is -2.08. The summed E-state index contributed by atoms with van der Waals surface area (Å²) in [5.74, 6) is -0.829. The average molecular weight is 300 g/mol. The highest BCUT2D eigenvalue weighted by atomic mass is 35.5. The number of rotatable bonds is 5. The van der Waals surface area contributed by atoms with Crippen molar-refractivity contribution in [2.45, 2.75) is 11.4 Å². The van der Waals surface area contributed by atoms with Crippen molar-refractivity contribution in [2.24, 2.45) is 0 Å². The molecule has 1 heterocycles. The summed E-state index contributed by atoms with van der Waals surface area (Å²) in [5.41, 5.74) is -0.131. The minimum Gasteiger partial charge on any atom is -0.476 e. The summed E-state index contributed by atoms with van der Waals surface area (Å²) in [6.07, 6.45) is 1.30. The van der Waals surface area contributed by atoms with Gasteiger partial charge in [0.05, 0.1) is 23.5 Å². The lowest BCUT2D eigenvalue weighted by molar-refractivity contribution is 0.0690. The number of carboxylic acids is 1. The number of hydrogen-bond acceptors (Lipinski definition) is 4. The van der Waals surface area contributed by atoms with E-state index < -0.39 is 16.8 Å². The molecule has 1 unspecified atom stereocenters. The molecule has 1 N–H and O–H groups in total. The molecular weight excluding hydrogens is 290 g/mol. The average Bonchev–Trinajstić information content (AvgIpc) is 2.85. The van der Waals surface area contributed by atoms with Gasteiger partial charge < -0.3 is 5.11 Å². The van der Waals surface area contributed by atoms with Gasteiger partial charge in [-0.2, -0.15) is 0 Å². The Bertz CT molecular complexity index is 629. The van der Waals surface area contributed by atoms with Crippen molar-refractivity contribution in [1.29, 1.82) is 0 Å². The summed E-state index contributed by atoms with van der Waals surface area (Å²) in [7, 11) is -1.22. The van der Waals surface area contributed by atoms with Crippen molar-refractivity contribution < 1.29 is 14.1 Å². The topological polar surface area (TPSA) is 85.1 Å². The highest BCUT2D eigenvalue weighted by Crippen LogP contribution is 2.14. The van der Waals surface area contributed by atoms with Gasteiger partial charge in [0.15, 0.2) is 5.69 Å². The molecule has 0 amide bonds. The number of carboxylic acid groups (broad SMARTS) is 1. The van der Waals surface area contributed by atoms with Crippen molar-refractivity contribution in [3.8, 4) is 0 Å². The first-order valence-electron chi connectivity index (χ1n) is 5.33. The second-order valence-electron chi connectivity index (χ2n) is 3.68. The Balaban J connectivity index is 1.98. The van der Waals surface area contributed by atoms with Gasteiger partial charge in [-0.05, 0) is 18.2 Å². The van der Waals surface area contributed by atoms with Crippen LogP contribution < -0.4 is 0 Å². The van der Waals surface area contributed by atoms with Crippen LogP contribution in [-0.4, -0.2) is 36.0 Å². The van der Waals surface area contributed by atoms with Crippen molar-refractivity contribution in [3.63, 3.8) is 0 Å². The molecule has 0 aliphatic carbocycles. The van der Waals surface area contributed by atoms with Crippen molar-refractivity contribution in [2.75, 3.05) is 5.75 Å². The molecule has 0 radical (unpaired) electrons. The fraction of sp³-hybridized carbons (Fsp3) is 0.182. The number of aromatic carboxylic acids is 1. The zero-order valence-electron chi connectivity index (χ0n) is 9.69. The highest BCUT2D eigenvalue weighted by Gasteiger charge is 2.09. The van der Waals surface area contributed by atoms with Crippen LogP contribution in [0.2, 0.25) is 5.02 Å². The third-order valence-electron chi connectivity index (χ3n) is 2.32. The van der Waals surface area contributed by atoms with Crippen molar-refractivity contribution in [1.82, 2.24) is 15.0 Å². The summed E-state index contributed by atoms with van der Waals surface area (Å²) >= 11 is 5.82. The number of halogens is 1. The molecule has 19 heavy (non-hydrogen) atoms. The van der Waals surface area contributed by atoms with Crippen molar-refractivity contribution in [3.05, 3.63) is 41.2 Å². The van der Waals surface area contributed by atoms with Gasteiger partial charge >= 0.3 is 5.97 Å². The normalized spacial score (nSPS) is 12.3. The minimum absolute atomic E-state index is 0.131. The maximum Gasteiger partial charge on any atom is 0.358 e. The van der Waals surface area contributed by atoms with E-state index in [9.17, 15) is 9.00 Å². The third kappa shape index (κ3) is 3.62. The molecule has 2 aromatic rings. The van der Waals surface area contributed by atoms with Crippen LogP contribution in [0, 0.1) is 0 Å². The standard InChI is InChI=1S/C11H10ClN3O3S/c12-8-2-1-3-9(6-8)19(18)5-4-15-7-10(11(16)17)13-14-15/h1-3,6-7H,4-5H2,(H,16,17). The van der Waals surface area contributed by atoms with Crippen LogP contribution in [-0.2, 0) is 17.3 Å². The molecule has 0 bridgehead atoms. The van der Waals surface area contributed by atoms with Gasteiger partial charge in [0, 0.05) is 15.7 Å². The van der Waals surface area contributed by atoms with Gasteiger partial charge in [-0.25, -0.2) is 4.79 Å². The molecule has 1 atom stereocenters. The van der Waals surface area contributed by atoms with Gasteiger partial charge in [0.1, 0.15) is 0 Å². The molecule has 0 fully saturated rings. The predicted molar refractivity (Wildman–Crippen MR) is 69.7 cm³/mol. The number of carbonyl (C=O) groups is 1. The fourth-order valence-corrected chi connectivity index (χ4v) is 2.74. The summed E-state index contributed by atoms with van der Waals surface area (Å²) in [6.45, 7) is 0.319. The zero-order chi connectivity index (χ0) is 13.8. The second-order valence-corrected chi connectivity index (χ2v) is 5.69. The SMILES string of the molecule is O=C(O)c1cn(CCS(=O)c2cccc(Cl)c2)nn1. The Kier molecular flexibility index (Phi) is 4.28. The molecule has 0 saturated carbocycles. The first kappa shape index (κ1) is 13.7. The van der Waals surface area contributed by atoms with E-state index in [4.69, 9.17) is 16.7 Å². The smallest absolute Gasteiger partial charge is 0.358 e. The van der Waals surface area contributed by atoms with Crippen LogP contribution in [0.25, 0.3) is 0 Å². The van der Waals surface area contributed by atoms with Gasteiger partial charge in [-0.3, -0.25) is 8.89 Å².